The Morgan fingerprint density at radius 2 is 1.86 bits per heavy atom. The lowest BCUT2D eigenvalue weighted by molar-refractivity contribution is -0.384. The summed E-state index contributed by atoms with van der Waals surface area (Å²) < 4.78 is 0. The van der Waals surface area contributed by atoms with E-state index in [1.54, 1.807) is 0 Å². The van der Waals surface area contributed by atoms with Gasteiger partial charge in [0.05, 0.1) is 11.0 Å². The number of hydrogen-bond acceptors (Lipinski definition) is 5. The molecule has 0 aliphatic rings. The Balaban J connectivity index is 2.73. The molecule has 0 saturated heterocycles. The third-order valence-corrected chi connectivity index (χ3v) is 2.97. The van der Waals surface area contributed by atoms with E-state index in [9.17, 15) is 19.7 Å². The van der Waals surface area contributed by atoms with Gasteiger partial charge in [-0.05, 0) is 25.5 Å². The summed E-state index contributed by atoms with van der Waals surface area (Å²) in [5.41, 5.74) is 5.83. The largest absolute Gasteiger partial charge is 0.343 e. The van der Waals surface area contributed by atoms with Crippen LogP contribution >= 0.6 is 0 Å². The molecule has 0 saturated carbocycles. The molecule has 0 spiro atoms. The topological polar surface area (TPSA) is 127 Å². The summed E-state index contributed by atoms with van der Waals surface area (Å²) in [7, 11) is 0. The van der Waals surface area contributed by atoms with Gasteiger partial charge in [0, 0.05) is 17.8 Å². The number of amides is 2. The van der Waals surface area contributed by atoms with Crippen molar-refractivity contribution in [3.05, 3.63) is 34.4 Å². The maximum atomic E-state index is 12.2. The molecule has 1 aromatic rings. The molecule has 0 aliphatic carbocycles. The molecular formula is C14H20N4O4. The van der Waals surface area contributed by atoms with Crippen LogP contribution in [0.2, 0.25) is 0 Å². The molecule has 22 heavy (non-hydrogen) atoms. The first-order valence-electron chi connectivity index (χ1n) is 6.96. The Morgan fingerprint density at radius 3 is 2.32 bits per heavy atom. The average molecular weight is 308 g/mol. The Labute approximate surface area is 128 Å². The number of nitrogens with zero attached hydrogens (tertiary/aromatic N) is 1. The second-order valence-corrected chi connectivity index (χ2v) is 4.93. The van der Waals surface area contributed by atoms with Crippen LogP contribution in [0, 0.1) is 10.1 Å². The van der Waals surface area contributed by atoms with E-state index in [0.29, 0.717) is 18.5 Å². The van der Waals surface area contributed by atoms with E-state index in [4.69, 9.17) is 5.73 Å². The van der Waals surface area contributed by atoms with Gasteiger partial charge in [-0.25, -0.2) is 0 Å². The van der Waals surface area contributed by atoms with Gasteiger partial charge < -0.3 is 16.4 Å². The molecule has 0 unspecified atom stereocenters. The second kappa shape index (κ2) is 8.08. The summed E-state index contributed by atoms with van der Waals surface area (Å²) in [6, 6.07) is 4.07. The van der Waals surface area contributed by atoms with Crippen LogP contribution in [0.4, 0.5) is 11.4 Å². The molecular weight excluding hydrogens is 288 g/mol. The van der Waals surface area contributed by atoms with Crippen LogP contribution in [-0.2, 0) is 9.59 Å². The zero-order valence-corrected chi connectivity index (χ0v) is 12.5. The van der Waals surface area contributed by atoms with Crippen molar-refractivity contribution >= 4 is 23.2 Å². The predicted octanol–water partition coefficient (Wildman–Crippen LogP) is 1.17. The van der Waals surface area contributed by atoms with Crippen molar-refractivity contribution < 1.29 is 14.5 Å². The van der Waals surface area contributed by atoms with Gasteiger partial charge in [-0.1, -0.05) is 13.3 Å². The number of nitro groups is 1. The summed E-state index contributed by atoms with van der Waals surface area (Å²) in [6.07, 6.45) is 1.18. The molecule has 1 rings (SSSR count). The minimum absolute atomic E-state index is 0.0617. The molecule has 120 valence electrons. The van der Waals surface area contributed by atoms with Crippen molar-refractivity contribution in [3.8, 4) is 0 Å². The standard InChI is InChI=1S/C14H20N4O4/c1-3-4-12(17-13(19)9(2)15)14(20)16-10-5-7-11(8-6-10)18(21)22/h5-9,12H,3-4,15H2,1-2H3,(H,16,20)(H,17,19)/t9-,12-/m0/s1. The monoisotopic (exact) mass is 308 g/mol. The first-order valence-corrected chi connectivity index (χ1v) is 6.96. The minimum atomic E-state index is -0.702. The lowest BCUT2D eigenvalue weighted by Gasteiger charge is -2.19. The Hall–Kier alpha value is -2.48. The van der Waals surface area contributed by atoms with Crippen LogP contribution < -0.4 is 16.4 Å². The molecule has 2 atom stereocenters. The highest BCUT2D eigenvalue weighted by Gasteiger charge is 2.21. The molecule has 0 aromatic heterocycles. The number of nitrogens with one attached hydrogen (secondary N) is 2. The first-order chi connectivity index (χ1) is 10.3. The van der Waals surface area contributed by atoms with Crippen molar-refractivity contribution in [3.63, 3.8) is 0 Å². The number of nitrogens with two attached hydrogens (primary N) is 1. The summed E-state index contributed by atoms with van der Waals surface area (Å²) in [6.45, 7) is 3.43. The molecule has 1 aromatic carbocycles. The number of nitro benzene ring substituents is 1. The number of carbonyl (C=O) groups excluding carboxylic acids is 2. The fourth-order valence-corrected chi connectivity index (χ4v) is 1.76. The maximum Gasteiger partial charge on any atom is 0.269 e. The number of benzene rings is 1. The van der Waals surface area contributed by atoms with Crippen LogP contribution in [0.1, 0.15) is 26.7 Å². The van der Waals surface area contributed by atoms with Crippen molar-refractivity contribution in [2.45, 2.75) is 38.8 Å². The second-order valence-electron chi connectivity index (χ2n) is 4.93. The Kier molecular flexibility index (Phi) is 6.46. The Bertz CT molecular complexity index is 542. The van der Waals surface area contributed by atoms with Crippen molar-refractivity contribution in [2.24, 2.45) is 5.73 Å². The lowest BCUT2D eigenvalue weighted by Crippen LogP contribution is -2.49. The number of anilines is 1. The normalized spacial score (nSPS) is 13.0. The number of carbonyl (C=O) groups is 2. The summed E-state index contributed by atoms with van der Waals surface area (Å²) in [4.78, 5) is 33.8. The summed E-state index contributed by atoms with van der Waals surface area (Å²) in [5.74, 6) is -0.790. The molecule has 0 bridgehead atoms. The van der Waals surface area contributed by atoms with Gasteiger partial charge in [-0.15, -0.1) is 0 Å². The zero-order valence-electron chi connectivity index (χ0n) is 12.5. The van der Waals surface area contributed by atoms with Gasteiger partial charge in [0.1, 0.15) is 6.04 Å². The zero-order chi connectivity index (χ0) is 16.7. The molecule has 0 aliphatic heterocycles. The van der Waals surface area contributed by atoms with Crippen LogP contribution in [-0.4, -0.2) is 28.8 Å². The van der Waals surface area contributed by atoms with Crippen LogP contribution in [0.15, 0.2) is 24.3 Å². The number of hydrogen-bond donors (Lipinski definition) is 3. The average Bonchev–Trinajstić information content (AvgIpc) is 2.47. The third kappa shape index (κ3) is 5.13. The molecule has 8 heteroatoms. The lowest BCUT2D eigenvalue weighted by atomic mass is 10.1. The smallest absolute Gasteiger partial charge is 0.269 e. The van der Waals surface area contributed by atoms with Gasteiger partial charge in [0.15, 0.2) is 0 Å². The highest BCUT2D eigenvalue weighted by atomic mass is 16.6. The fourth-order valence-electron chi connectivity index (χ4n) is 1.76. The fraction of sp³-hybridized carbons (Fsp3) is 0.429. The Morgan fingerprint density at radius 1 is 1.27 bits per heavy atom. The highest BCUT2D eigenvalue weighted by Crippen LogP contribution is 2.15. The van der Waals surface area contributed by atoms with E-state index in [1.807, 2.05) is 6.92 Å². The molecule has 8 nitrogen and oxygen atoms in total. The van der Waals surface area contributed by atoms with Crippen LogP contribution in [0.25, 0.3) is 0 Å². The number of rotatable bonds is 7. The maximum absolute atomic E-state index is 12.2. The van der Waals surface area contributed by atoms with E-state index in [2.05, 4.69) is 10.6 Å². The molecule has 2 amide bonds. The van der Waals surface area contributed by atoms with E-state index in [1.165, 1.54) is 31.2 Å². The van der Waals surface area contributed by atoms with E-state index in [-0.39, 0.29) is 11.6 Å². The van der Waals surface area contributed by atoms with Gasteiger partial charge >= 0.3 is 0 Å². The SMILES string of the molecule is CCC[C@H](NC(=O)[C@H](C)N)C(=O)Nc1ccc([N+](=O)[O-])cc1. The van der Waals surface area contributed by atoms with Gasteiger partial charge in [0.2, 0.25) is 11.8 Å². The summed E-state index contributed by atoms with van der Waals surface area (Å²) >= 11 is 0. The van der Waals surface area contributed by atoms with Gasteiger partial charge in [0.25, 0.3) is 5.69 Å². The predicted molar refractivity (Wildman–Crippen MR) is 82.2 cm³/mol. The molecule has 0 radical (unpaired) electrons. The van der Waals surface area contributed by atoms with Gasteiger partial charge in [-0.2, -0.15) is 0 Å². The van der Waals surface area contributed by atoms with Crippen molar-refractivity contribution in [1.82, 2.24) is 5.32 Å². The molecule has 0 fully saturated rings. The molecule has 4 N–H and O–H groups in total. The van der Waals surface area contributed by atoms with E-state index in [0.717, 1.165) is 0 Å². The van der Waals surface area contributed by atoms with Crippen LogP contribution in [0.5, 0.6) is 0 Å². The number of non-ortho nitro benzene ring substituents is 1. The highest BCUT2D eigenvalue weighted by molar-refractivity contribution is 5.97. The van der Waals surface area contributed by atoms with E-state index >= 15 is 0 Å². The third-order valence-electron chi connectivity index (χ3n) is 2.97. The van der Waals surface area contributed by atoms with Crippen molar-refractivity contribution in [1.29, 1.82) is 0 Å². The van der Waals surface area contributed by atoms with Crippen LogP contribution in [0.3, 0.4) is 0 Å². The quantitative estimate of drug-likeness (QED) is 0.514. The van der Waals surface area contributed by atoms with E-state index < -0.39 is 22.9 Å². The first kappa shape index (κ1) is 17.6. The van der Waals surface area contributed by atoms with Gasteiger partial charge in [-0.3, -0.25) is 19.7 Å². The minimum Gasteiger partial charge on any atom is -0.343 e. The summed E-state index contributed by atoms with van der Waals surface area (Å²) in [5, 5.41) is 15.8. The van der Waals surface area contributed by atoms with Crippen molar-refractivity contribution in [2.75, 3.05) is 5.32 Å². The molecule has 0 heterocycles.